The number of para-hydroxylation sites is 1. The molecule has 128 valence electrons. The Bertz CT molecular complexity index is 824. The first kappa shape index (κ1) is 18.3. The molecule has 1 heterocycles. The van der Waals surface area contributed by atoms with Crippen molar-refractivity contribution in [2.45, 2.75) is 13.8 Å². The Morgan fingerprint density at radius 1 is 1.04 bits per heavy atom. The molecule has 0 atom stereocenters. The molecule has 0 N–H and O–H groups in total. The van der Waals surface area contributed by atoms with Gasteiger partial charge in [0.1, 0.15) is 17.8 Å². The molecule has 0 aliphatic carbocycles. The summed E-state index contributed by atoms with van der Waals surface area (Å²) in [5.74, 6) is -0.306. The first-order valence-electron chi connectivity index (χ1n) is 8.03. The lowest BCUT2D eigenvalue weighted by Crippen LogP contribution is -2.27. The lowest BCUT2D eigenvalue weighted by atomic mass is 10.1. The van der Waals surface area contributed by atoms with Crippen molar-refractivity contribution in [3.8, 4) is 0 Å². The highest BCUT2D eigenvalue weighted by atomic mass is 35.5. The molecule has 0 fully saturated rings. The van der Waals surface area contributed by atoms with Crippen molar-refractivity contribution in [1.29, 1.82) is 0 Å². The van der Waals surface area contributed by atoms with Crippen molar-refractivity contribution in [3.05, 3.63) is 48.0 Å². The van der Waals surface area contributed by atoms with E-state index in [-0.39, 0.29) is 18.4 Å². The van der Waals surface area contributed by atoms with E-state index in [4.69, 9.17) is 9.15 Å². The Balaban J connectivity index is 0.00000208. The molecule has 5 heteroatoms. The van der Waals surface area contributed by atoms with Gasteiger partial charge in [-0.25, -0.2) is 4.79 Å². The summed E-state index contributed by atoms with van der Waals surface area (Å²) in [4.78, 5) is 14.4. The standard InChI is InChI=1S/C19H21NO3.ClH/c1-3-20(4-2)11-12-22-19(21)14-9-10-16-15-7-5-6-8-17(15)23-18(16)13-14;/h5-10,13H,3-4,11-12H2,1-2H3;1H. The quantitative estimate of drug-likeness (QED) is 0.615. The van der Waals surface area contributed by atoms with E-state index in [2.05, 4.69) is 18.7 Å². The van der Waals surface area contributed by atoms with E-state index in [0.29, 0.717) is 17.8 Å². The third kappa shape index (κ3) is 3.71. The number of fused-ring (bicyclic) bond motifs is 3. The first-order chi connectivity index (χ1) is 11.2. The van der Waals surface area contributed by atoms with Gasteiger partial charge >= 0.3 is 5.97 Å². The van der Waals surface area contributed by atoms with Gasteiger partial charge in [-0.1, -0.05) is 32.0 Å². The van der Waals surface area contributed by atoms with E-state index in [0.717, 1.165) is 36.0 Å². The zero-order valence-corrected chi connectivity index (χ0v) is 14.8. The zero-order chi connectivity index (χ0) is 16.2. The maximum atomic E-state index is 12.2. The summed E-state index contributed by atoms with van der Waals surface area (Å²) in [7, 11) is 0. The fraction of sp³-hybridized carbons (Fsp3) is 0.316. The molecule has 0 radical (unpaired) electrons. The van der Waals surface area contributed by atoms with Crippen LogP contribution in [0.15, 0.2) is 46.9 Å². The molecule has 0 aliphatic rings. The van der Waals surface area contributed by atoms with Gasteiger partial charge in [0.25, 0.3) is 0 Å². The van der Waals surface area contributed by atoms with E-state index < -0.39 is 0 Å². The topological polar surface area (TPSA) is 42.7 Å². The Morgan fingerprint density at radius 2 is 1.75 bits per heavy atom. The number of ether oxygens (including phenoxy) is 1. The van der Waals surface area contributed by atoms with Gasteiger partial charge in [-0.05, 0) is 37.4 Å². The summed E-state index contributed by atoms with van der Waals surface area (Å²) < 4.78 is 11.2. The number of hydrogen-bond donors (Lipinski definition) is 0. The Kier molecular flexibility index (Phi) is 6.23. The van der Waals surface area contributed by atoms with Gasteiger partial charge in [0.2, 0.25) is 0 Å². The molecule has 0 spiro atoms. The van der Waals surface area contributed by atoms with E-state index >= 15 is 0 Å². The van der Waals surface area contributed by atoms with E-state index in [1.165, 1.54) is 0 Å². The van der Waals surface area contributed by atoms with Gasteiger partial charge in [0.15, 0.2) is 0 Å². The van der Waals surface area contributed by atoms with Crippen LogP contribution < -0.4 is 0 Å². The second-order valence-corrected chi connectivity index (χ2v) is 5.47. The van der Waals surface area contributed by atoms with Crippen LogP contribution in [0.5, 0.6) is 0 Å². The van der Waals surface area contributed by atoms with Crippen molar-refractivity contribution in [3.63, 3.8) is 0 Å². The third-order valence-electron chi connectivity index (χ3n) is 4.15. The highest BCUT2D eigenvalue weighted by Crippen LogP contribution is 2.29. The van der Waals surface area contributed by atoms with Gasteiger partial charge in [0.05, 0.1) is 5.56 Å². The van der Waals surface area contributed by atoms with Crippen LogP contribution in [0.4, 0.5) is 0 Å². The normalized spacial score (nSPS) is 11.0. The average Bonchev–Trinajstić information content (AvgIpc) is 2.96. The van der Waals surface area contributed by atoms with Gasteiger partial charge in [-0.15, -0.1) is 12.4 Å². The molecule has 0 aliphatic heterocycles. The van der Waals surface area contributed by atoms with Crippen LogP contribution in [-0.4, -0.2) is 37.1 Å². The number of furan rings is 1. The Morgan fingerprint density at radius 3 is 2.50 bits per heavy atom. The molecule has 4 nitrogen and oxygen atoms in total. The monoisotopic (exact) mass is 347 g/mol. The molecule has 3 rings (SSSR count). The summed E-state index contributed by atoms with van der Waals surface area (Å²) in [6.07, 6.45) is 0. The minimum atomic E-state index is -0.306. The first-order valence-corrected chi connectivity index (χ1v) is 8.03. The number of rotatable bonds is 6. The number of likely N-dealkylation sites (N-methyl/N-ethyl adjacent to an activating group) is 1. The average molecular weight is 348 g/mol. The summed E-state index contributed by atoms with van der Waals surface area (Å²) in [5, 5.41) is 2.07. The molecular formula is C19H22ClNO3. The smallest absolute Gasteiger partial charge is 0.338 e. The van der Waals surface area contributed by atoms with E-state index in [1.807, 2.05) is 30.3 Å². The predicted octanol–water partition coefficient (Wildman–Crippen LogP) is 4.51. The van der Waals surface area contributed by atoms with Gasteiger partial charge < -0.3 is 14.1 Å². The lowest BCUT2D eigenvalue weighted by Gasteiger charge is -2.17. The molecule has 0 saturated heterocycles. The van der Waals surface area contributed by atoms with Gasteiger partial charge in [-0.3, -0.25) is 0 Å². The third-order valence-corrected chi connectivity index (χ3v) is 4.15. The summed E-state index contributed by atoms with van der Waals surface area (Å²) >= 11 is 0. The van der Waals surface area contributed by atoms with Gasteiger partial charge in [-0.2, -0.15) is 0 Å². The summed E-state index contributed by atoms with van der Waals surface area (Å²) in [6, 6.07) is 13.3. The highest BCUT2D eigenvalue weighted by molar-refractivity contribution is 6.06. The maximum absolute atomic E-state index is 12.2. The van der Waals surface area contributed by atoms with Crippen molar-refractivity contribution < 1.29 is 13.9 Å². The van der Waals surface area contributed by atoms with Crippen LogP contribution in [0.2, 0.25) is 0 Å². The van der Waals surface area contributed by atoms with Crippen LogP contribution in [0.3, 0.4) is 0 Å². The number of benzene rings is 2. The molecule has 1 aromatic heterocycles. The predicted molar refractivity (Wildman–Crippen MR) is 99.0 cm³/mol. The molecule has 0 bridgehead atoms. The number of esters is 1. The zero-order valence-electron chi connectivity index (χ0n) is 14.0. The number of halogens is 1. The second-order valence-electron chi connectivity index (χ2n) is 5.47. The SMILES string of the molecule is CCN(CC)CCOC(=O)c1ccc2c(c1)oc1ccccc12.Cl. The molecule has 3 aromatic rings. The van der Waals surface area contributed by atoms with Crippen LogP contribution in [-0.2, 0) is 4.74 Å². The molecule has 24 heavy (non-hydrogen) atoms. The molecule has 0 saturated carbocycles. The maximum Gasteiger partial charge on any atom is 0.338 e. The summed E-state index contributed by atoms with van der Waals surface area (Å²) in [5.41, 5.74) is 2.06. The fourth-order valence-electron chi connectivity index (χ4n) is 2.74. The number of hydrogen-bond acceptors (Lipinski definition) is 4. The second kappa shape index (κ2) is 8.18. The lowest BCUT2D eigenvalue weighted by molar-refractivity contribution is 0.0466. The molecule has 0 amide bonds. The number of nitrogens with zero attached hydrogens (tertiary/aromatic N) is 1. The number of carbonyl (C=O) groups excluding carboxylic acids is 1. The van der Waals surface area contributed by atoms with Crippen molar-refractivity contribution in [1.82, 2.24) is 4.90 Å². The minimum Gasteiger partial charge on any atom is -0.461 e. The van der Waals surface area contributed by atoms with E-state index in [1.54, 1.807) is 12.1 Å². The van der Waals surface area contributed by atoms with Crippen LogP contribution >= 0.6 is 12.4 Å². The fourth-order valence-corrected chi connectivity index (χ4v) is 2.74. The minimum absolute atomic E-state index is 0. The van der Waals surface area contributed by atoms with Crippen molar-refractivity contribution >= 4 is 40.3 Å². The van der Waals surface area contributed by atoms with Gasteiger partial charge in [0, 0.05) is 17.3 Å². The largest absolute Gasteiger partial charge is 0.461 e. The van der Waals surface area contributed by atoms with Crippen LogP contribution in [0, 0.1) is 0 Å². The molecular weight excluding hydrogens is 326 g/mol. The van der Waals surface area contributed by atoms with Crippen LogP contribution in [0.25, 0.3) is 21.9 Å². The summed E-state index contributed by atoms with van der Waals surface area (Å²) in [6.45, 7) is 7.27. The van der Waals surface area contributed by atoms with Crippen LogP contribution in [0.1, 0.15) is 24.2 Å². The number of carbonyl (C=O) groups is 1. The molecule has 2 aromatic carbocycles. The highest BCUT2D eigenvalue weighted by Gasteiger charge is 2.12. The Labute approximate surface area is 147 Å². The van der Waals surface area contributed by atoms with E-state index in [9.17, 15) is 4.79 Å². The Hall–Kier alpha value is -2.04. The molecule has 0 unspecified atom stereocenters. The van der Waals surface area contributed by atoms with Crippen molar-refractivity contribution in [2.75, 3.05) is 26.2 Å². The van der Waals surface area contributed by atoms with Crippen molar-refractivity contribution in [2.24, 2.45) is 0 Å².